The molecule has 2 atom stereocenters. The third kappa shape index (κ3) is 11.2. The normalized spacial score (nSPS) is 18.4. The average molecular weight is 582 g/mol. The molecule has 1 aromatic carbocycles. The molecule has 1 saturated heterocycles. The number of carbonyl (C=O) groups is 1. The molecule has 9 heteroatoms. The first-order valence-electron chi connectivity index (χ1n) is 15.7. The Labute approximate surface area is 251 Å². The van der Waals surface area contributed by atoms with Crippen LogP contribution in [0.15, 0.2) is 42.6 Å². The number of carbonyl (C=O) groups excluding carboxylic acids is 1. The number of hydrogen-bond acceptors (Lipinski definition) is 8. The van der Waals surface area contributed by atoms with Crippen molar-refractivity contribution in [3.8, 4) is 11.6 Å². The molecule has 0 radical (unpaired) electrons. The molecular formula is C33H51N5O4. The van der Waals surface area contributed by atoms with Crippen molar-refractivity contribution in [2.75, 3.05) is 45.2 Å². The highest BCUT2D eigenvalue weighted by Crippen LogP contribution is 2.29. The van der Waals surface area contributed by atoms with Crippen LogP contribution >= 0.6 is 0 Å². The Morgan fingerprint density at radius 2 is 1.88 bits per heavy atom. The van der Waals surface area contributed by atoms with E-state index in [-0.39, 0.29) is 23.6 Å². The minimum atomic E-state index is -0.259. The molecule has 1 amide bonds. The molecule has 9 nitrogen and oxygen atoms in total. The van der Waals surface area contributed by atoms with Gasteiger partial charge in [-0.05, 0) is 63.6 Å². The standard InChI is InChI=1S/C33H51N5O4/c1-33(2,3)41-24-27(23-38-16-18-40-19-17-38)37-31(39)15-14-30(25-10-6-4-7-11-25)35-21-26-20-32(36-22-29(26)34)42-28-12-8-5-9-13-28/h5,8-9,12-13,20,22,25,27,30,35H,4,6-7,10-11,14-19,21,23-24,34H2,1-3H3,(H,37,39)/t27-,30-/m0/s1. The number of nitrogen functional groups attached to an aromatic ring is 1. The number of morpholine rings is 1. The highest BCUT2D eigenvalue weighted by molar-refractivity contribution is 5.76. The van der Waals surface area contributed by atoms with Crippen molar-refractivity contribution in [2.45, 2.75) is 89.9 Å². The summed E-state index contributed by atoms with van der Waals surface area (Å²) in [6.07, 6.45) is 9.06. The van der Waals surface area contributed by atoms with E-state index in [1.807, 2.05) is 57.2 Å². The molecule has 4 rings (SSSR count). The number of amides is 1. The number of anilines is 1. The summed E-state index contributed by atoms with van der Waals surface area (Å²) in [6.45, 7) is 11.2. The largest absolute Gasteiger partial charge is 0.439 e. The number of benzene rings is 1. The lowest BCUT2D eigenvalue weighted by Gasteiger charge is -2.33. The van der Waals surface area contributed by atoms with E-state index in [1.165, 1.54) is 32.1 Å². The van der Waals surface area contributed by atoms with Crippen molar-refractivity contribution < 1.29 is 19.0 Å². The summed E-state index contributed by atoms with van der Waals surface area (Å²) >= 11 is 0. The molecule has 232 valence electrons. The van der Waals surface area contributed by atoms with Gasteiger partial charge in [-0.2, -0.15) is 0 Å². The maximum absolute atomic E-state index is 13.3. The molecule has 1 aliphatic carbocycles. The van der Waals surface area contributed by atoms with Crippen LogP contribution < -0.4 is 21.1 Å². The zero-order valence-electron chi connectivity index (χ0n) is 25.8. The van der Waals surface area contributed by atoms with E-state index in [0.29, 0.717) is 37.1 Å². The van der Waals surface area contributed by atoms with Gasteiger partial charge in [0, 0.05) is 44.7 Å². The molecule has 0 bridgehead atoms. The summed E-state index contributed by atoms with van der Waals surface area (Å²) in [4.78, 5) is 20.0. The van der Waals surface area contributed by atoms with Crippen molar-refractivity contribution in [2.24, 2.45) is 5.92 Å². The molecular weight excluding hydrogens is 530 g/mol. The van der Waals surface area contributed by atoms with E-state index in [1.54, 1.807) is 6.20 Å². The Hall–Kier alpha value is -2.72. The fourth-order valence-electron chi connectivity index (χ4n) is 5.76. The van der Waals surface area contributed by atoms with Crippen LogP contribution in [0.25, 0.3) is 0 Å². The van der Waals surface area contributed by atoms with E-state index in [0.717, 1.165) is 50.6 Å². The molecule has 2 heterocycles. The number of aromatic nitrogens is 1. The molecule has 0 unspecified atom stereocenters. The topological polar surface area (TPSA) is 111 Å². The molecule has 2 fully saturated rings. The molecule has 4 N–H and O–H groups in total. The third-order valence-electron chi connectivity index (χ3n) is 8.09. The fourth-order valence-corrected chi connectivity index (χ4v) is 5.76. The number of ether oxygens (including phenoxy) is 3. The molecule has 2 aromatic rings. The minimum absolute atomic E-state index is 0.0597. The zero-order valence-corrected chi connectivity index (χ0v) is 25.8. The predicted octanol–water partition coefficient (Wildman–Crippen LogP) is 4.91. The smallest absolute Gasteiger partial charge is 0.220 e. The zero-order chi connectivity index (χ0) is 29.8. The van der Waals surface area contributed by atoms with Gasteiger partial charge >= 0.3 is 0 Å². The SMILES string of the molecule is CC(C)(C)OC[C@H](CN1CCOCC1)NC(=O)CC[C@H](NCc1cc(Oc2ccccc2)ncc1N)C1CCCCC1. The summed E-state index contributed by atoms with van der Waals surface area (Å²) in [5.74, 6) is 1.88. The van der Waals surface area contributed by atoms with Gasteiger partial charge in [0.2, 0.25) is 11.8 Å². The summed E-state index contributed by atoms with van der Waals surface area (Å²) in [7, 11) is 0. The van der Waals surface area contributed by atoms with Gasteiger partial charge in [0.1, 0.15) is 5.75 Å². The molecule has 0 spiro atoms. The van der Waals surface area contributed by atoms with Crippen molar-refractivity contribution >= 4 is 11.6 Å². The summed E-state index contributed by atoms with van der Waals surface area (Å²) < 4.78 is 17.5. The van der Waals surface area contributed by atoms with Gasteiger partial charge in [-0.1, -0.05) is 37.5 Å². The van der Waals surface area contributed by atoms with E-state index in [4.69, 9.17) is 19.9 Å². The second kappa shape index (κ2) is 16.2. The Balaban J connectivity index is 1.35. The molecule has 1 aromatic heterocycles. The van der Waals surface area contributed by atoms with E-state index < -0.39 is 0 Å². The first-order valence-corrected chi connectivity index (χ1v) is 15.7. The first-order chi connectivity index (χ1) is 20.2. The maximum atomic E-state index is 13.3. The van der Waals surface area contributed by atoms with Crippen molar-refractivity contribution in [1.82, 2.24) is 20.5 Å². The van der Waals surface area contributed by atoms with Crippen molar-refractivity contribution in [1.29, 1.82) is 0 Å². The number of hydrogen-bond donors (Lipinski definition) is 3. The second-order valence-corrected chi connectivity index (χ2v) is 12.7. The number of rotatable bonds is 14. The van der Waals surface area contributed by atoms with E-state index in [9.17, 15) is 4.79 Å². The van der Waals surface area contributed by atoms with Crippen LogP contribution in [0.2, 0.25) is 0 Å². The molecule has 42 heavy (non-hydrogen) atoms. The van der Waals surface area contributed by atoms with E-state index >= 15 is 0 Å². The predicted molar refractivity (Wildman–Crippen MR) is 166 cm³/mol. The minimum Gasteiger partial charge on any atom is -0.439 e. The van der Waals surface area contributed by atoms with Crippen LogP contribution in [-0.4, -0.2) is 72.9 Å². The number of para-hydroxylation sites is 1. The summed E-state index contributed by atoms with van der Waals surface area (Å²) in [6, 6.07) is 11.7. The summed E-state index contributed by atoms with van der Waals surface area (Å²) in [5, 5.41) is 7.06. The number of nitrogens with one attached hydrogen (secondary N) is 2. The Morgan fingerprint density at radius 1 is 1.14 bits per heavy atom. The van der Waals surface area contributed by atoms with Gasteiger partial charge in [0.05, 0.1) is 43.3 Å². The molecule has 1 aliphatic heterocycles. The number of nitrogens with two attached hydrogens (primary N) is 1. The van der Waals surface area contributed by atoms with Crippen LogP contribution in [-0.2, 0) is 20.8 Å². The average Bonchev–Trinajstić information content (AvgIpc) is 2.98. The third-order valence-corrected chi connectivity index (χ3v) is 8.09. The van der Waals surface area contributed by atoms with Gasteiger partial charge in [0.25, 0.3) is 0 Å². The quantitative estimate of drug-likeness (QED) is 0.289. The van der Waals surface area contributed by atoms with Gasteiger partial charge in [-0.15, -0.1) is 0 Å². The van der Waals surface area contributed by atoms with Gasteiger partial charge < -0.3 is 30.6 Å². The summed E-state index contributed by atoms with van der Waals surface area (Å²) in [5.41, 5.74) is 7.64. The first kappa shape index (κ1) is 32.2. The van der Waals surface area contributed by atoms with Crippen molar-refractivity contribution in [3.05, 3.63) is 48.2 Å². The lowest BCUT2D eigenvalue weighted by atomic mass is 9.82. The highest BCUT2D eigenvalue weighted by Gasteiger charge is 2.26. The van der Waals surface area contributed by atoms with Gasteiger partial charge in [0.15, 0.2) is 0 Å². The number of nitrogens with zero attached hydrogens (tertiary/aromatic N) is 2. The second-order valence-electron chi connectivity index (χ2n) is 12.7. The van der Waals surface area contributed by atoms with Crippen LogP contribution in [0, 0.1) is 5.92 Å². The van der Waals surface area contributed by atoms with Crippen LogP contribution in [0.1, 0.15) is 71.3 Å². The Morgan fingerprint density at radius 3 is 2.60 bits per heavy atom. The highest BCUT2D eigenvalue weighted by atomic mass is 16.5. The maximum Gasteiger partial charge on any atom is 0.220 e. The van der Waals surface area contributed by atoms with Gasteiger partial charge in [-0.25, -0.2) is 4.98 Å². The molecule has 1 saturated carbocycles. The fraction of sp³-hybridized carbons (Fsp3) is 0.636. The Bertz CT molecular complexity index is 1080. The van der Waals surface area contributed by atoms with Crippen LogP contribution in [0.4, 0.5) is 5.69 Å². The van der Waals surface area contributed by atoms with Crippen LogP contribution in [0.3, 0.4) is 0 Å². The van der Waals surface area contributed by atoms with Gasteiger partial charge in [-0.3, -0.25) is 9.69 Å². The lowest BCUT2D eigenvalue weighted by Crippen LogP contribution is -2.50. The number of pyridine rings is 1. The van der Waals surface area contributed by atoms with Crippen molar-refractivity contribution in [3.63, 3.8) is 0 Å². The van der Waals surface area contributed by atoms with E-state index in [2.05, 4.69) is 20.5 Å². The Kier molecular flexibility index (Phi) is 12.4. The lowest BCUT2D eigenvalue weighted by molar-refractivity contribution is -0.123. The molecule has 2 aliphatic rings. The van der Waals surface area contributed by atoms with Crippen LogP contribution in [0.5, 0.6) is 11.6 Å². The monoisotopic (exact) mass is 581 g/mol.